The fourth-order valence-electron chi connectivity index (χ4n) is 1.10. The lowest BCUT2D eigenvalue weighted by molar-refractivity contribution is -0.137. The van der Waals surface area contributed by atoms with Crippen LogP contribution in [0.5, 0.6) is 0 Å². The van der Waals surface area contributed by atoms with Crippen molar-refractivity contribution in [3.8, 4) is 0 Å². The van der Waals surface area contributed by atoms with E-state index in [2.05, 4.69) is 19.1 Å². The van der Waals surface area contributed by atoms with E-state index in [1.54, 1.807) is 0 Å². The Labute approximate surface area is 68.2 Å². The maximum atomic E-state index is 5.35. The highest BCUT2D eigenvalue weighted by atomic mass is 16.7. The van der Waals surface area contributed by atoms with Gasteiger partial charge in [-0.05, 0) is 19.3 Å². The number of hydrogen-bond acceptors (Lipinski definition) is 2. The average molecular weight is 156 g/mol. The summed E-state index contributed by atoms with van der Waals surface area (Å²) in [7, 11) is 0. The highest BCUT2D eigenvalue weighted by Crippen LogP contribution is 2.10. The first-order valence-corrected chi connectivity index (χ1v) is 4.28. The van der Waals surface area contributed by atoms with Crippen molar-refractivity contribution in [3.63, 3.8) is 0 Å². The van der Waals surface area contributed by atoms with Gasteiger partial charge in [-0.25, -0.2) is 0 Å². The quantitative estimate of drug-likeness (QED) is 0.582. The molecule has 11 heavy (non-hydrogen) atoms. The first-order valence-electron chi connectivity index (χ1n) is 4.28. The molecule has 1 aliphatic rings. The highest BCUT2D eigenvalue weighted by molar-refractivity contribution is 4.83. The van der Waals surface area contributed by atoms with Gasteiger partial charge < -0.3 is 9.47 Å². The van der Waals surface area contributed by atoms with E-state index in [-0.39, 0.29) is 0 Å². The lowest BCUT2D eigenvalue weighted by Gasteiger charge is -2.21. The van der Waals surface area contributed by atoms with Gasteiger partial charge in [0.15, 0.2) is 0 Å². The second-order valence-corrected chi connectivity index (χ2v) is 2.72. The molecule has 1 atom stereocenters. The van der Waals surface area contributed by atoms with E-state index < -0.39 is 0 Å². The molecule has 1 fully saturated rings. The zero-order valence-electron chi connectivity index (χ0n) is 7.08. The summed E-state index contributed by atoms with van der Waals surface area (Å²) in [5.74, 6) is 0. The van der Waals surface area contributed by atoms with Gasteiger partial charge in [0, 0.05) is 0 Å². The van der Waals surface area contributed by atoms with E-state index >= 15 is 0 Å². The fraction of sp³-hybridized carbons (Fsp3) is 0.778. The van der Waals surface area contributed by atoms with E-state index in [4.69, 9.17) is 9.47 Å². The topological polar surface area (TPSA) is 18.5 Å². The molecule has 1 unspecified atom stereocenters. The Hall–Kier alpha value is -0.340. The van der Waals surface area contributed by atoms with E-state index in [0.29, 0.717) is 12.9 Å². The third-order valence-corrected chi connectivity index (χ3v) is 1.77. The third-order valence-electron chi connectivity index (χ3n) is 1.77. The normalized spacial score (nSPS) is 26.1. The van der Waals surface area contributed by atoms with Gasteiger partial charge in [-0.2, -0.15) is 0 Å². The molecule has 1 rings (SSSR count). The van der Waals surface area contributed by atoms with Gasteiger partial charge in [-0.15, -0.1) is 0 Å². The Morgan fingerprint density at radius 2 is 2.36 bits per heavy atom. The first-order chi connectivity index (χ1) is 5.43. The zero-order valence-corrected chi connectivity index (χ0v) is 7.08. The van der Waals surface area contributed by atoms with E-state index in [1.807, 2.05) is 0 Å². The van der Waals surface area contributed by atoms with E-state index in [9.17, 15) is 0 Å². The Balaban J connectivity index is 2.09. The SMILES string of the molecule is CC/C=C/CC1CCOCO1. The van der Waals surface area contributed by atoms with Crippen LogP contribution in [-0.4, -0.2) is 19.5 Å². The van der Waals surface area contributed by atoms with Crippen LogP contribution in [0.25, 0.3) is 0 Å². The Morgan fingerprint density at radius 1 is 1.45 bits per heavy atom. The smallest absolute Gasteiger partial charge is 0.147 e. The zero-order chi connectivity index (χ0) is 7.94. The van der Waals surface area contributed by atoms with E-state index in [0.717, 1.165) is 25.9 Å². The number of rotatable bonds is 3. The molecule has 0 amide bonds. The largest absolute Gasteiger partial charge is 0.355 e. The molecular weight excluding hydrogens is 140 g/mol. The van der Waals surface area contributed by atoms with Crippen LogP contribution in [0.1, 0.15) is 26.2 Å². The maximum Gasteiger partial charge on any atom is 0.147 e. The number of ether oxygens (including phenoxy) is 2. The summed E-state index contributed by atoms with van der Waals surface area (Å²) in [6.07, 6.45) is 7.95. The molecule has 0 aromatic heterocycles. The van der Waals surface area contributed by atoms with Crippen molar-refractivity contribution < 1.29 is 9.47 Å². The molecule has 0 aromatic carbocycles. The third kappa shape index (κ3) is 3.54. The molecule has 0 aromatic rings. The van der Waals surface area contributed by atoms with Gasteiger partial charge in [0.25, 0.3) is 0 Å². The van der Waals surface area contributed by atoms with Crippen LogP contribution in [-0.2, 0) is 9.47 Å². The Morgan fingerprint density at radius 3 is 3.00 bits per heavy atom. The second kappa shape index (κ2) is 5.33. The van der Waals surface area contributed by atoms with Crippen LogP contribution in [0.15, 0.2) is 12.2 Å². The highest BCUT2D eigenvalue weighted by Gasteiger charge is 2.11. The molecular formula is C9H16O2. The van der Waals surface area contributed by atoms with Crippen molar-refractivity contribution in [1.82, 2.24) is 0 Å². The van der Waals surface area contributed by atoms with Crippen LogP contribution in [0.4, 0.5) is 0 Å². The van der Waals surface area contributed by atoms with Crippen LogP contribution in [0.2, 0.25) is 0 Å². The standard InChI is InChI=1S/C9H16O2/c1-2-3-4-5-9-6-7-10-8-11-9/h3-4,9H,2,5-8H2,1H3/b4-3+. The van der Waals surface area contributed by atoms with Gasteiger partial charge >= 0.3 is 0 Å². The average Bonchev–Trinajstić information content (AvgIpc) is 2.07. The molecule has 2 nitrogen and oxygen atoms in total. The molecule has 0 bridgehead atoms. The minimum atomic E-state index is 0.395. The Kier molecular flexibility index (Phi) is 4.24. The Bertz CT molecular complexity index is 115. The summed E-state index contributed by atoms with van der Waals surface area (Å²) in [5.41, 5.74) is 0. The molecule has 0 spiro atoms. The molecule has 1 heterocycles. The monoisotopic (exact) mass is 156 g/mol. The van der Waals surface area contributed by atoms with Crippen molar-refractivity contribution in [1.29, 1.82) is 0 Å². The molecule has 2 heteroatoms. The van der Waals surface area contributed by atoms with Crippen molar-refractivity contribution in [2.24, 2.45) is 0 Å². The van der Waals surface area contributed by atoms with Gasteiger partial charge in [0.2, 0.25) is 0 Å². The summed E-state index contributed by atoms with van der Waals surface area (Å²) in [5, 5.41) is 0. The lowest BCUT2D eigenvalue weighted by atomic mass is 10.1. The number of hydrogen-bond donors (Lipinski definition) is 0. The van der Waals surface area contributed by atoms with Crippen molar-refractivity contribution >= 4 is 0 Å². The van der Waals surface area contributed by atoms with Crippen molar-refractivity contribution in [2.75, 3.05) is 13.4 Å². The molecule has 1 saturated heterocycles. The minimum Gasteiger partial charge on any atom is -0.355 e. The van der Waals surface area contributed by atoms with Crippen LogP contribution < -0.4 is 0 Å². The maximum absolute atomic E-state index is 5.35. The molecule has 1 aliphatic heterocycles. The lowest BCUT2D eigenvalue weighted by Crippen LogP contribution is -2.22. The van der Waals surface area contributed by atoms with Crippen molar-refractivity contribution in [3.05, 3.63) is 12.2 Å². The molecule has 0 radical (unpaired) electrons. The predicted molar refractivity (Wildman–Crippen MR) is 44.4 cm³/mol. The summed E-state index contributed by atoms with van der Waals surface area (Å²) in [6, 6.07) is 0. The molecule has 0 saturated carbocycles. The summed E-state index contributed by atoms with van der Waals surface area (Å²) in [6.45, 7) is 3.47. The van der Waals surface area contributed by atoms with Crippen LogP contribution >= 0.6 is 0 Å². The van der Waals surface area contributed by atoms with Gasteiger partial charge in [0.1, 0.15) is 6.79 Å². The van der Waals surface area contributed by atoms with Gasteiger partial charge in [-0.3, -0.25) is 0 Å². The summed E-state index contributed by atoms with van der Waals surface area (Å²) >= 11 is 0. The van der Waals surface area contributed by atoms with Gasteiger partial charge in [0.05, 0.1) is 12.7 Å². The molecule has 0 aliphatic carbocycles. The summed E-state index contributed by atoms with van der Waals surface area (Å²) in [4.78, 5) is 0. The fourth-order valence-corrected chi connectivity index (χ4v) is 1.10. The van der Waals surface area contributed by atoms with E-state index in [1.165, 1.54) is 0 Å². The predicted octanol–water partition coefficient (Wildman–Crippen LogP) is 2.11. The molecule has 64 valence electrons. The first kappa shape index (κ1) is 8.75. The van der Waals surface area contributed by atoms with Crippen LogP contribution in [0, 0.1) is 0 Å². The number of allylic oxidation sites excluding steroid dienone is 1. The second-order valence-electron chi connectivity index (χ2n) is 2.72. The summed E-state index contributed by atoms with van der Waals surface area (Å²) < 4.78 is 10.4. The molecule has 0 N–H and O–H groups in total. The van der Waals surface area contributed by atoms with Crippen LogP contribution in [0.3, 0.4) is 0 Å². The van der Waals surface area contributed by atoms with Gasteiger partial charge in [-0.1, -0.05) is 19.1 Å². The van der Waals surface area contributed by atoms with Crippen molar-refractivity contribution in [2.45, 2.75) is 32.3 Å². The minimum absolute atomic E-state index is 0.395.